The van der Waals surface area contributed by atoms with E-state index in [1.165, 1.54) is 24.8 Å². The minimum absolute atomic E-state index is 0.0506. The Morgan fingerprint density at radius 1 is 1.15 bits per heavy atom. The van der Waals surface area contributed by atoms with Gasteiger partial charge in [-0.15, -0.1) is 0 Å². The fourth-order valence-corrected chi connectivity index (χ4v) is 4.80. The third-order valence-electron chi connectivity index (χ3n) is 6.62. The third-order valence-corrected chi connectivity index (χ3v) is 6.62. The maximum absolute atomic E-state index is 13.0. The van der Waals surface area contributed by atoms with E-state index in [4.69, 9.17) is 0 Å². The summed E-state index contributed by atoms with van der Waals surface area (Å²) in [6.07, 6.45) is 8.47. The highest BCUT2D eigenvalue weighted by Crippen LogP contribution is 2.39. The summed E-state index contributed by atoms with van der Waals surface area (Å²) >= 11 is 0. The van der Waals surface area contributed by atoms with Gasteiger partial charge in [0.1, 0.15) is 5.82 Å². The predicted octanol–water partition coefficient (Wildman–Crippen LogP) is 2.62. The molecule has 1 saturated carbocycles. The summed E-state index contributed by atoms with van der Waals surface area (Å²) in [7, 11) is 0. The molecule has 0 aromatic heterocycles. The zero-order chi connectivity index (χ0) is 18.0. The standard InChI is InChI=1S/C21H30FN3O/c22-17-4-2-16(3-5-17)8-13-25-14-9-18(10-15-25)23-19-6-7-20(26)24-21(19)11-1-12-21/h2-5,18-19,23H,1,6-15H2,(H,24,26). The lowest BCUT2D eigenvalue weighted by Crippen LogP contribution is -2.69. The van der Waals surface area contributed by atoms with Gasteiger partial charge in [-0.3, -0.25) is 4.79 Å². The first-order valence-electron chi connectivity index (χ1n) is 10.2. The summed E-state index contributed by atoms with van der Waals surface area (Å²) in [4.78, 5) is 14.3. The van der Waals surface area contributed by atoms with Crippen molar-refractivity contribution in [3.63, 3.8) is 0 Å². The van der Waals surface area contributed by atoms with Crippen molar-refractivity contribution >= 4 is 5.91 Å². The van der Waals surface area contributed by atoms with Crippen LogP contribution in [0.15, 0.2) is 24.3 Å². The molecule has 3 fully saturated rings. The van der Waals surface area contributed by atoms with Gasteiger partial charge in [0.25, 0.3) is 0 Å². The van der Waals surface area contributed by atoms with Crippen molar-refractivity contribution in [3.05, 3.63) is 35.6 Å². The molecule has 5 heteroatoms. The Morgan fingerprint density at radius 3 is 2.54 bits per heavy atom. The van der Waals surface area contributed by atoms with E-state index in [0.717, 1.165) is 45.3 Å². The minimum Gasteiger partial charge on any atom is -0.349 e. The van der Waals surface area contributed by atoms with Gasteiger partial charge in [0.05, 0.1) is 5.54 Å². The number of likely N-dealkylation sites (tertiary alicyclic amines) is 1. The van der Waals surface area contributed by atoms with E-state index in [2.05, 4.69) is 15.5 Å². The van der Waals surface area contributed by atoms with Gasteiger partial charge in [-0.05, 0) is 75.7 Å². The second kappa shape index (κ2) is 7.65. The summed E-state index contributed by atoms with van der Waals surface area (Å²) in [6.45, 7) is 3.28. The zero-order valence-electron chi connectivity index (χ0n) is 15.5. The highest BCUT2D eigenvalue weighted by atomic mass is 19.1. The lowest BCUT2D eigenvalue weighted by Gasteiger charge is -2.52. The smallest absolute Gasteiger partial charge is 0.220 e. The molecule has 2 aliphatic heterocycles. The first-order chi connectivity index (χ1) is 12.6. The molecule has 1 aromatic carbocycles. The number of benzene rings is 1. The molecule has 1 amide bonds. The van der Waals surface area contributed by atoms with Crippen molar-refractivity contribution in [2.45, 2.75) is 69.0 Å². The molecule has 4 nitrogen and oxygen atoms in total. The fraction of sp³-hybridized carbons (Fsp3) is 0.667. The van der Waals surface area contributed by atoms with Gasteiger partial charge in [-0.2, -0.15) is 0 Å². The van der Waals surface area contributed by atoms with Crippen LogP contribution in [0.25, 0.3) is 0 Å². The zero-order valence-corrected chi connectivity index (χ0v) is 15.5. The average Bonchev–Trinajstić information content (AvgIpc) is 2.62. The van der Waals surface area contributed by atoms with Crippen molar-refractivity contribution in [1.82, 2.24) is 15.5 Å². The first-order valence-corrected chi connectivity index (χ1v) is 10.2. The van der Waals surface area contributed by atoms with Gasteiger partial charge >= 0.3 is 0 Å². The quantitative estimate of drug-likeness (QED) is 0.849. The summed E-state index contributed by atoms with van der Waals surface area (Å²) < 4.78 is 13.0. The SMILES string of the molecule is O=C1CCC(NC2CCN(CCc3ccc(F)cc3)CC2)C2(CCC2)N1. The molecule has 1 aromatic rings. The number of rotatable bonds is 5. The van der Waals surface area contributed by atoms with Crippen LogP contribution in [0.3, 0.4) is 0 Å². The number of hydrogen-bond acceptors (Lipinski definition) is 3. The van der Waals surface area contributed by atoms with E-state index in [1.54, 1.807) is 12.1 Å². The lowest BCUT2D eigenvalue weighted by molar-refractivity contribution is -0.128. The molecule has 2 N–H and O–H groups in total. The minimum atomic E-state index is -0.163. The highest BCUT2D eigenvalue weighted by molar-refractivity contribution is 5.78. The van der Waals surface area contributed by atoms with E-state index in [9.17, 15) is 9.18 Å². The van der Waals surface area contributed by atoms with E-state index in [1.807, 2.05) is 12.1 Å². The molecule has 0 bridgehead atoms. The van der Waals surface area contributed by atoms with Crippen molar-refractivity contribution in [2.24, 2.45) is 0 Å². The molecule has 1 spiro atoms. The molecular weight excluding hydrogens is 329 g/mol. The van der Waals surface area contributed by atoms with Crippen molar-refractivity contribution in [1.29, 1.82) is 0 Å². The van der Waals surface area contributed by atoms with E-state index in [-0.39, 0.29) is 17.3 Å². The predicted molar refractivity (Wildman–Crippen MR) is 100 cm³/mol. The second-order valence-electron chi connectivity index (χ2n) is 8.31. The molecule has 1 atom stereocenters. The Bertz CT molecular complexity index is 621. The van der Waals surface area contributed by atoms with Crippen LogP contribution in [0.5, 0.6) is 0 Å². The molecule has 0 radical (unpaired) electrons. The largest absolute Gasteiger partial charge is 0.349 e. The molecule has 3 aliphatic rings. The molecule has 1 unspecified atom stereocenters. The summed E-state index contributed by atoms with van der Waals surface area (Å²) in [5.41, 5.74) is 1.26. The molecule has 4 rings (SSSR count). The van der Waals surface area contributed by atoms with Crippen LogP contribution >= 0.6 is 0 Å². The van der Waals surface area contributed by atoms with Crippen LogP contribution in [0.1, 0.15) is 50.5 Å². The van der Waals surface area contributed by atoms with Gasteiger partial charge in [-0.1, -0.05) is 12.1 Å². The fourth-order valence-electron chi connectivity index (χ4n) is 4.80. The molecule has 142 valence electrons. The normalized spacial score (nSPS) is 26.5. The number of amides is 1. The Balaban J connectivity index is 1.22. The van der Waals surface area contributed by atoms with Crippen molar-refractivity contribution < 1.29 is 9.18 Å². The van der Waals surface area contributed by atoms with Gasteiger partial charge < -0.3 is 15.5 Å². The maximum Gasteiger partial charge on any atom is 0.220 e. The Morgan fingerprint density at radius 2 is 1.88 bits per heavy atom. The molecule has 1 aliphatic carbocycles. The number of nitrogens with one attached hydrogen (secondary N) is 2. The van der Waals surface area contributed by atoms with E-state index in [0.29, 0.717) is 18.5 Å². The molecule has 2 heterocycles. The van der Waals surface area contributed by atoms with Crippen LogP contribution < -0.4 is 10.6 Å². The number of piperidine rings is 2. The highest BCUT2D eigenvalue weighted by Gasteiger charge is 2.48. The number of halogens is 1. The van der Waals surface area contributed by atoms with Crippen molar-refractivity contribution in [2.75, 3.05) is 19.6 Å². The first kappa shape index (κ1) is 17.9. The molecule has 2 saturated heterocycles. The van der Waals surface area contributed by atoms with Crippen LogP contribution in [0, 0.1) is 5.82 Å². The third kappa shape index (κ3) is 3.94. The summed E-state index contributed by atoms with van der Waals surface area (Å²) in [5.74, 6) is 0.0714. The topological polar surface area (TPSA) is 44.4 Å². The number of nitrogens with zero attached hydrogens (tertiary/aromatic N) is 1. The number of hydrogen-bond donors (Lipinski definition) is 2. The van der Waals surface area contributed by atoms with Crippen molar-refractivity contribution in [3.8, 4) is 0 Å². The number of carbonyl (C=O) groups excluding carboxylic acids is 1. The van der Waals surface area contributed by atoms with Crippen LogP contribution in [-0.2, 0) is 11.2 Å². The van der Waals surface area contributed by atoms with E-state index < -0.39 is 0 Å². The molecular formula is C21H30FN3O. The Hall–Kier alpha value is -1.46. The Kier molecular flexibility index (Phi) is 5.28. The van der Waals surface area contributed by atoms with Crippen LogP contribution in [0.2, 0.25) is 0 Å². The summed E-state index contributed by atoms with van der Waals surface area (Å²) in [5, 5.41) is 7.17. The molecule has 26 heavy (non-hydrogen) atoms. The average molecular weight is 359 g/mol. The van der Waals surface area contributed by atoms with Gasteiger partial charge in [0.2, 0.25) is 5.91 Å². The van der Waals surface area contributed by atoms with Crippen LogP contribution in [-0.4, -0.2) is 48.1 Å². The van der Waals surface area contributed by atoms with Crippen LogP contribution in [0.4, 0.5) is 4.39 Å². The maximum atomic E-state index is 13.0. The second-order valence-corrected chi connectivity index (χ2v) is 8.31. The monoisotopic (exact) mass is 359 g/mol. The summed E-state index contributed by atoms with van der Waals surface area (Å²) in [6, 6.07) is 7.88. The van der Waals surface area contributed by atoms with Gasteiger partial charge in [-0.25, -0.2) is 4.39 Å². The van der Waals surface area contributed by atoms with Gasteiger partial charge in [0, 0.05) is 25.0 Å². The van der Waals surface area contributed by atoms with E-state index >= 15 is 0 Å². The number of carbonyl (C=O) groups is 1. The van der Waals surface area contributed by atoms with Gasteiger partial charge in [0.15, 0.2) is 0 Å². The lowest BCUT2D eigenvalue weighted by atomic mass is 9.68. The Labute approximate surface area is 155 Å².